The Bertz CT molecular complexity index is 793. The van der Waals surface area contributed by atoms with Gasteiger partial charge in [0, 0.05) is 19.3 Å². The standard InChI is InChI=1S/C13H16N6O5/c1-4-17-6-8(10(15-17)13(21)24-3)14-12(20)11-9(19(22)23)7-18(5-2)16-11/h6-7H,4-5H2,1-3H3,(H,14,20). The van der Waals surface area contributed by atoms with Crippen LogP contribution in [0, 0.1) is 10.1 Å². The zero-order chi connectivity index (χ0) is 17.9. The molecule has 11 nitrogen and oxygen atoms in total. The largest absolute Gasteiger partial charge is 0.464 e. The van der Waals surface area contributed by atoms with Gasteiger partial charge in [0.05, 0.1) is 17.7 Å². The molecular formula is C13H16N6O5. The fraction of sp³-hybridized carbons (Fsp3) is 0.385. The molecule has 0 saturated carbocycles. The summed E-state index contributed by atoms with van der Waals surface area (Å²) in [6, 6.07) is 0. The number of hydrogen-bond acceptors (Lipinski definition) is 7. The van der Waals surface area contributed by atoms with Gasteiger partial charge in [-0.3, -0.25) is 24.3 Å². The van der Waals surface area contributed by atoms with E-state index in [1.54, 1.807) is 13.8 Å². The number of aryl methyl sites for hydroxylation is 2. The number of nitro groups is 1. The first kappa shape index (κ1) is 17.1. The molecule has 1 N–H and O–H groups in total. The van der Waals surface area contributed by atoms with Crippen LogP contribution in [0.5, 0.6) is 0 Å². The number of methoxy groups -OCH3 is 1. The summed E-state index contributed by atoms with van der Waals surface area (Å²) >= 11 is 0. The second-order valence-electron chi connectivity index (χ2n) is 4.67. The van der Waals surface area contributed by atoms with Crippen molar-refractivity contribution < 1.29 is 19.2 Å². The highest BCUT2D eigenvalue weighted by Gasteiger charge is 2.27. The zero-order valence-corrected chi connectivity index (χ0v) is 13.3. The summed E-state index contributed by atoms with van der Waals surface area (Å²) in [5.74, 6) is -1.54. The van der Waals surface area contributed by atoms with Crippen molar-refractivity contribution in [3.8, 4) is 0 Å². The number of anilines is 1. The number of aromatic nitrogens is 4. The van der Waals surface area contributed by atoms with Crippen molar-refractivity contribution in [3.63, 3.8) is 0 Å². The zero-order valence-electron chi connectivity index (χ0n) is 13.3. The minimum absolute atomic E-state index is 0.0917. The molecule has 24 heavy (non-hydrogen) atoms. The van der Waals surface area contributed by atoms with Crippen LogP contribution in [0.15, 0.2) is 12.4 Å². The van der Waals surface area contributed by atoms with E-state index in [9.17, 15) is 19.7 Å². The van der Waals surface area contributed by atoms with Crippen LogP contribution in [0.2, 0.25) is 0 Å². The number of hydrogen-bond donors (Lipinski definition) is 1. The molecule has 2 heterocycles. The summed E-state index contributed by atoms with van der Waals surface area (Å²) in [6.45, 7) is 4.37. The average molecular weight is 336 g/mol. The molecule has 2 aromatic rings. The Hall–Kier alpha value is -3.24. The van der Waals surface area contributed by atoms with E-state index in [0.29, 0.717) is 13.1 Å². The van der Waals surface area contributed by atoms with Gasteiger partial charge in [-0.25, -0.2) is 4.79 Å². The summed E-state index contributed by atoms with van der Waals surface area (Å²) in [6.07, 6.45) is 2.61. The Morgan fingerprint density at radius 3 is 2.33 bits per heavy atom. The second kappa shape index (κ2) is 6.89. The fourth-order valence-corrected chi connectivity index (χ4v) is 1.97. The van der Waals surface area contributed by atoms with Crippen molar-refractivity contribution in [1.29, 1.82) is 0 Å². The van der Waals surface area contributed by atoms with Crippen LogP contribution >= 0.6 is 0 Å². The molecule has 128 valence electrons. The van der Waals surface area contributed by atoms with Gasteiger partial charge in [-0.1, -0.05) is 0 Å². The highest BCUT2D eigenvalue weighted by atomic mass is 16.6. The van der Waals surface area contributed by atoms with Gasteiger partial charge in [-0.15, -0.1) is 0 Å². The van der Waals surface area contributed by atoms with E-state index < -0.39 is 22.5 Å². The quantitative estimate of drug-likeness (QED) is 0.473. The number of esters is 1. The molecule has 0 spiro atoms. The Balaban J connectivity index is 2.36. The molecule has 11 heteroatoms. The van der Waals surface area contributed by atoms with E-state index in [-0.39, 0.29) is 17.1 Å². The lowest BCUT2D eigenvalue weighted by molar-refractivity contribution is -0.385. The van der Waals surface area contributed by atoms with Gasteiger partial charge in [0.25, 0.3) is 5.91 Å². The molecule has 2 rings (SSSR count). The lowest BCUT2D eigenvalue weighted by atomic mass is 10.3. The van der Waals surface area contributed by atoms with Crippen molar-refractivity contribution in [2.24, 2.45) is 0 Å². The topological polar surface area (TPSA) is 134 Å². The first-order chi connectivity index (χ1) is 11.4. The second-order valence-corrected chi connectivity index (χ2v) is 4.67. The number of carbonyl (C=O) groups excluding carboxylic acids is 2. The van der Waals surface area contributed by atoms with Gasteiger partial charge < -0.3 is 10.1 Å². The fourth-order valence-electron chi connectivity index (χ4n) is 1.97. The lowest BCUT2D eigenvalue weighted by Crippen LogP contribution is -2.16. The summed E-state index contributed by atoms with van der Waals surface area (Å²) < 4.78 is 7.32. The van der Waals surface area contributed by atoms with E-state index in [1.807, 2.05) is 0 Å². The van der Waals surface area contributed by atoms with Crippen LogP contribution in [0.4, 0.5) is 11.4 Å². The molecule has 0 radical (unpaired) electrons. The van der Waals surface area contributed by atoms with Crippen molar-refractivity contribution in [2.75, 3.05) is 12.4 Å². The van der Waals surface area contributed by atoms with Crippen LogP contribution in [-0.2, 0) is 17.8 Å². The smallest absolute Gasteiger partial charge is 0.360 e. The molecule has 0 atom stereocenters. The maximum atomic E-state index is 12.3. The first-order valence-electron chi connectivity index (χ1n) is 7.10. The van der Waals surface area contributed by atoms with Crippen molar-refractivity contribution in [3.05, 3.63) is 33.9 Å². The molecule has 0 fully saturated rings. The number of ether oxygens (including phenoxy) is 1. The van der Waals surface area contributed by atoms with Crippen LogP contribution in [0.3, 0.4) is 0 Å². The molecule has 1 amide bonds. The minimum Gasteiger partial charge on any atom is -0.464 e. The van der Waals surface area contributed by atoms with Gasteiger partial charge >= 0.3 is 11.7 Å². The number of nitrogens with one attached hydrogen (secondary N) is 1. The molecule has 0 bridgehead atoms. The Morgan fingerprint density at radius 1 is 1.21 bits per heavy atom. The minimum atomic E-state index is -0.810. The number of amides is 1. The van der Waals surface area contributed by atoms with E-state index >= 15 is 0 Å². The Morgan fingerprint density at radius 2 is 1.79 bits per heavy atom. The first-order valence-corrected chi connectivity index (χ1v) is 7.10. The summed E-state index contributed by atoms with van der Waals surface area (Å²) in [4.78, 5) is 34.5. The van der Waals surface area contributed by atoms with Gasteiger partial charge in [-0.2, -0.15) is 10.2 Å². The highest BCUT2D eigenvalue weighted by Crippen LogP contribution is 2.20. The predicted octanol–water partition coefficient (Wildman–Crippen LogP) is 1.07. The van der Waals surface area contributed by atoms with Gasteiger partial charge in [0.1, 0.15) is 6.20 Å². The van der Waals surface area contributed by atoms with Crippen LogP contribution in [0.25, 0.3) is 0 Å². The van der Waals surface area contributed by atoms with Crippen molar-refractivity contribution in [2.45, 2.75) is 26.9 Å². The average Bonchev–Trinajstić information content (AvgIpc) is 3.17. The molecule has 0 aliphatic rings. The SMILES string of the molecule is CCn1cc(NC(=O)c2nn(CC)cc2[N+](=O)[O-])c(C(=O)OC)n1. The van der Waals surface area contributed by atoms with Gasteiger partial charge in [0.2, 0.25) is 5.69 Å². The molecule has 0 unspecified atom stereocenters. The van der Waals surface area contributed by atoms with Crippen molar-refractivity contribution in [1.82, 2.24) is 19.6 Å². The molecular weight excluding hydrogens is 320 g/mol. The van der Waals surface area contributed by atoms with Gasteiger partial charge in [-0.05, 0) is 13.8 Å². The third-order valence-electron chi connectivity index (χ3n) is 3.19. The van der Waals surface area contributed by atoms with E-state index in [4.69, 9.17) is 0 Å². The van der Waals surface area contributed by atoms with Gasteiger partial charge in [0.15, 0.2) is 5.69 Å². The normalized spacial score (nSPS) is 10.5. The number of rotatable bonds is 6. The predicted molar refractivity (Wildman–Crippen MR) is 81.7 cm³/mol. The molecule has 0 aliphatic carbocycles. The molecule has 2 aromatic heterocycles. The molecule has 0 saturated heterocycles. The summed E-state index contributed by atoms with van der Waals surface area (Å²) in [7, 11) is 1.19. The third kappa shape index (κ3) is 3.24. The van der Waals surface area contributed by atoms with E-state index in [0.717, 1.165) is 0 Å². The van der Waals surface area contributed by atoms with Crippen LogP contribution < -0.4 is 5.32 Å². The summed E-state index contributed by atoms with van der Waals surface area (Å²) in [5.41, 5.74) is -0.766. The maximum absolute atomic E-state index is 12.3. The van der Waals surface area contributed by atoms with Crippen molar-refractivity contribution >= 4 is 23.3 Å². The van der Waals surface area contributed by atoms with E-state index in [2.05, 4.69) is 20.3 Å². The summed E-state index contributed by atoms with van der Waals surface area (Å²) in [5, 5.41) is 21.4. The monoisotopic (exact) mass is 336 g/mol. The molecule has 0 aromatic carbocycles. The van der Waals surface area contributed by atoms with Crippen LogP contribution in [-0.4, -0.2) is 43.5 Å². The van der Waals surface area contributed by atoms with E-state index in [1.165, 1.54) is 28.9 Å². The maximum Gasteiger partial charge on any atom is 0.360 e. The number of carbonyl (C=O) groups is 2. The highest BCUT2D eigenvalue weighted by molar-refractivity contribution is 6.08. The lowest BCUT2D eigenvalue weighted by Gasteiger charge is -2.02. The van der Waals surface area contributed by atoms with Crippen LogP contribution in [0.1, 0.15) is 34.8 Å². The molecule has 0 aliphatic heterocycles. The Kier molecular flexibility index (Phi) is 4.92. The Labute approximate surface area is 136 Å². The third-order valence-corrected chi connectivity index (χ3v) is 3.19. The number of nitrogens with zero attached hydrogens (tertiary/aromatic N) is 5.